The molecule has 1 aromatic rings. The molecule has 108 valence electrons. The number of rotatable bonds is 4. The molecule has 0 spiro atoms. The molecule has 1 aromatic carbocycles. The first-order valence-corrected chi connectivity index (χ1v) is 5.52. The van der Waals surface area contributed by atoms with Crippen molar-refractivity contribution in [3.05, 3.63) is 22.7 Å². The van der Waals surface area contributed by atoms with Crippen molar-refractivity contribution in [3.63, 3.8) is 0 Å². The van der Waals surface area contributed by atoms with Crippen molar-refractivity contribution in [3.8, 4) is 11.5 Å². The monoisotopic (exact) mass is 299 g/mol. The molecule has 2 atom stereocenters. The molecular weight excluding hydrogens is 287 g/mol. The van der Waals surface area contributed by atoms with Crippen LogP contribution in [0, 0.1) is 0 Å². The summed E-state index contributed by atoms with van der Waals surface area (Å²) < 4.78 is 47.1. The molecule has 3 N–H and O–H groups in total. The van der Waals surface area contributed by atoms with Crippen molar-refractivity contribution in [1.82, 2.24) is 0 Å². The van der Waals surface area contributed by atoms with E-state index in [9.17, 15) is 13.2 Å². The van der Waals surface area contributed by atoms with Crippen molar-refractivity contribution in [1.29, 1.82) is 0 Å². The molecule has 19 heavy (non-hydrogen) atoms. The van der Waals surface area contributed by atoms with E-state index in [1.165, 1.54) is 26.4 Å². The lowest BCUT2D eigenvalue weighted by Crippen LogP contribution is -2.39. The predicted molar refractivity (Wildman–Crippen MR) is 63.5 cm³/mol. The quantitative estimate of drug-likeness (QED) is 0.895. The molecule has 0 bridgehead atoms. The third-order valence-electron chi connectivity index (χ3n) is 2.55. The molecule has 0 saturated carbocycles. The molecule has 0 amide bonds. The Bertz CT molecular complexity index is 454. The molecule has 0 aliphatic heterocycles. The number of ether oxygens (including phenoxy) is 2. The molecular formula is C11H13ClF3NO3. The van der Waals surface area contributed by atoms with Crippen LogP contribution in [0.25, 0.3) is 0 Å². The van der Waals surface area contributed by atoms with Gasteiger partial charge in [0.25, 0.3) is 0 Å². The normalized spacial score (nSPS) is 14.9. The molecule has 0 heterocycles. The number of hydrogen-bond donors (Lipinski definition) is 2. The van der Waals surface area contributed by atoms with Crippen molar-refractivity contribution in [2.45, 2.75) is 18.3 Å². The van der Waals surface area contributed by atoms with Crippen molar-refractivity contribution >= 4 is 11.6 Å². The smallest absolute Gasteiger partial charge is 0.416 e. The van der Waals surface area contributed by atoms with Gasteiger partial charge in [0.1, 0.15) is 0 Å². The minimum atomic E-state index is -4.84. The van der Waals surface area contributed by atoms with Gasteiger partial charge in [0, 0.05) is 0 Å². The van der Waals surface area contributed by atoms with E-state index in [2.05, 4.69) is 0 Å². The van der Waals surface area contributed by atoms with Gasteiger partial charge in [-0.05, 0) is 11.6 Å². The van der Waals surface area contributed by atoms with E-state index < -0.39 is 18.3 Å². The molecule has 0 fully saturated rings. The van der Waals surface area contributed by atoms with E-state index in [0.717, 1.165) is 0 Å². The summed E-state index contributed by atoms with van der Waals surface area (Å²) in [6.45, 7) is 0. The van der Waals surface area contributed by atoms with Gasteiger partial charge in [0.05, 0.1) is 25.3 Å². The Kier molecular flexibility index (Phi) is 4.89. The van der Waals surface area contributed by atoms with Gasteiger partial charge < -0.3 is 20.3 Å². The number of benzene rings is 1. The molecule has 0 aromatic heterocycles. The molecule has 1 rings (SSSR count). The summed E-state index contributed by atoms with van der Waals surface area (Å²) in [7, 11) is 2.65. The lowest BCUT2D eigenvalue weighted by atomic mass is 10.0. The fraction of sp³-hybridized carbons (Fsp3) is 0.455. The Morgan fingerprint density at radius 3 is 2.26 bits per heavy atom. The van der Waals surface area contributed by atoms with Gasteiger partial charge in [0.15, 0.2) is 17.6 Å². The average Bonchev–Trinajstić information content (AvgIpc) is 2.35. The minimum absolute atomic E-state index is 0.0616. The SMILES string of the molecule is COc1ccc([C@@H](N)[C@@H](O)C(F)(F)F)c(Cl)c1OC. The maximum atomic E-state index is 12.4. The summed E-state index contributed by atoms with van der Waals surface area (Å²) in [6.07, 6.45) is -7.56. The van der Waals surface area contributed by atoms with Gasteiger partial charge in [-0.3, -0.25) is 0 Å². The minimum Gasteiger partial charge on any atom is -0.493 e. The fourth-order valence-electron chi connectivity index (χ4n) is 1.54. The summed E-state index contributed by atoms with van der Waals surface area (Å²) >= 11 is 5.92. The zero-order valence-corrected chi connectivity index (χ0v) is 10.9. The fourth-order valence-corrected chi connectivity index (χ4v) is 1.89. The van der Waals surface area contributed by atoms with Crippen LogP contribution >= 0.6 is 11.6 Å². The Balaban J connectivity index is 3.22. The molecule has 0 saturated heterocycles. The van der Waals surface area contributed by atoms with Gasteiger partial charge >= 0.3 is 6.18 Å². The standard InChI is InChI=1S/C11H13ClF3NO3/c1-18-6-4-3-5(7(12)9(6)19-2)8(16)10(17)11(13,14)15/h3-4,8,10,17H,16H2,1-2H3/t8-,10-/m1/s1. The molecule has 0 unspecified atom stereocenters. The molecule has 0 aliphatic carbocycles. The van der Waals surface area contributed by atoms with E-state index in [0.29, 0.717) is 0 Å². The van der Waals surface area contributed by atoms with Gasteiger partial charge in [-0.15, -0.1) is 0 Å². The Morgan fingerprint density at radius 2 is 1.84 bits per heavy atom. The first-order chi connectivity index (χ1) is 8.73. The molecule has 4 nitrogen and oxygen atoms in total. The number of aliphatic hydroxyl groups excluding tert-OH is 1. The maximum Gasteiger partial charge on any atom is 0.416 e. The van der Waals surface area contributed by atoms with Gasteiger partial charge in [-0.1, -0.05) is 17.7 Å². The van der Waals surface area contributed by atoms with Crippen LogP contribution in [0.4, 0.5) is 13.2 Å². The Hall–Kier alpha value is -1.18. The van der Waals surface area contributed by atoms with Crippen LogP contribution < -0.4 is 15.2 Å². The van der Waals surface area contributed by atoms with Gasteiger partial charge in [0.2, 0.25) is 0 Å². The number of methoxy groups -OCH3 is 2. The van der Waals surface area contributed by atoms with E-state index in [-0.39, 0.29) is 22.1 Å². The summed E-state index contributed by atoms with van der Waals surface area (Å²) in [5.41, 5.74) is 5.31. The first kappa shape index (κ1) is 15.9. The third kappa shape index (κ3) is 3.23. The highest BCUT2D eigenvalue weighted by molar-refractivity contribution is 6.33. The zero-order valence-electron chi connectivity index (χ0n) is 10.2. The second kappa shape index (κ2) is 5.85. The highest BCUT2D eigenvalue weighted by Crippen LogP contribution is 2.41. The highest BCUT2D eigenvalue weighted by atomic mass is 35.5. The van der Waals surface area contributed by atoms with Crippen molar-refractivity contribution in [2.75, 3.05) is 14.2 Å². The van der Waals surface area contributed by atoms with E-state index in [4.69, 9.17) is 31.9 Å². The third-order valence-corrected chi connectivity index (χ3v) is 2.94. The van der Waals surface area contributed by atoms with Gasteiger partial charge in [-0.25, -0.2) is 0 Å². The summed E-state index contributed by atoms with van der Waals surface area (Å²) in [5.74, 6) is 0.316. The topological polar surface area (TPSA) is 64.7 Å². The van der Waals surface area contributed by atoms with E-state index >= 15 is 0 Å². The summed E-state index contributed by atoms with van der Waals surface area (Å²) in [5, 5.41) is 9.01. The number of hydrogen-bond acceptors (Lipinski definition) is 4. The van der Waals surface area contributed by atoms with Gasteiger partial charge in [-0.2, -0.15) is 13.2 Å². The lowest BCUT2D eigenvalue weighted by Gasteiger charge is -2.23. The number of nitrogens with two attached hydrogens (primary N) is 1. The molecule has 0 aliphatic rings. The number of halogens is 4. The van der Waals surface area contributed by atoms with Crippen LogP contribution in [0.1, 0.15) is 11.6 Å². The Morgan fingerprint density at radius 1 is 1.26 bits per heavy atom. The number of alkyl halides is 3. The van der Waals surface area contributed by atoms with E-state index in [1.54, 1.807) is 0 Å². The van der Waals surface area contributed by atoms with Crippen LogP contribution in [0.15, 0.2) is 12.1 Å². The summed E-state index contributed by atoms with van der Waals surface area (Å²) in [6, 6.07) is 0.902. The first-order valence-electron chi connectivity index (χ1n) is 5.14. The van der Waals surface area contributed by atoms with Crippen LogP contribution in [-0.4, -0.2) is 31.6 Å². The van der Waals surface area contributed by atoms with Crippen molar-refractivity contribution in [2.24, 2.45) is 5.73 Å². The van der Waals surface area contributed by atoms with Crippen molar-refractivity contribution < 1.29 is 27.8 Å². The number of aliphatic hydroxyl groups is 1. The average molecular weight is 300 g/mol. The predicted octanol–water partition coefficient (Wildman–Crippen LogP) is 2.28. The zero-order chi connectivity index (χ0) is 14.8. The molecule has 8 heteroatoms. The second-order valence-corrected chi connectivity index (χ2v) is 4.09. The Labute approximate surface area is 112 Å². The second-order valence-electron chi connectivity index (χ2n) is 3.72. The van der Waals surface area contributed by atoms with Crippen LogP contribution in [0.5, 0.6) is 11.5 Å². The molecule has 0 radical (unpaired) electrons. The summed E-state index contributed by atoms with van der Waals surface area (Å²) in [4.78, 5) is 0. The lowest BCUT2D eigenvalue weighted by molar-refractivity contribution is -0.210. The van der Waals surface area contributed by atoms with E-state index in [1.807, 2.05) is 0 Å². The van der Waals surface area contributed by atoms with Crippen LogP contribution in [0.3, 0.4) is 0 Å². The van der Waals surface area contributed by atoms with Crippen LogP contribution in [0.2, 0.25) is 5.02 Å². The maximum absolute atomic E-state index is 12.4. The van der Waals surface area contributed by atoms with Crippen LogP contribution in [-0.2, 0) is 0 Å². The highest BCUT2D eigenvalue weighted by Gasteiger charge is 2.43. The largest absolute Gasteiger partial charge is 0.493 e.